The van der Waals surface area contributed by atoms with Crippen molar-refractivity contribution in [1.82, 2.24) is 15.5 Å². The molecule has 0 saturated carbocycles. The number of hydrogen-bond acceptors (Lipinski definition) is 4. The van der Waals surface area contributed by atoms with E-state index in [1.165, 1.54) is 10.4 Å². The molecule has 0 amide bonds. The summed E-state index contributed by atoms with van der Waals surface area (Å²) in [7, 11) is 0. The molecule has 0 aliphatic rings. The first-order chi connectivity index (χ1) is 9.10. The summed E-state index contributed by atoms with van der Waals surface area (Å²) in [5.74, 6) is 0. The first-order valence-electron chi connectivity index (χ1n) is 6.38. The third-order valence-corrected chi connectivity index (χ3v) is 4.25. The molecule has 0 aliphatic heterocycles. The van der Waals surface area contributed by atoms with E-state index < -0.39 is 0 Å². The molecule has 5 heteroatoms. The lowest BCUT2D eigenvalue weighted by molar-refractivity contribution is 0.546. The number of aryl methyl sites for hydroxylation is 2. The van der Waals surface area contributed by atoms with Gasteiger partial charge in [0.1, 0.15) is 0 Å². The highest BCUT2D eigenvalue weighted by molar-refractivity contribution is 7.16. The molecule has 1 unspecified atom stereocenters. The smallest absolute Gasteiger partial charge is 0.0931 e. The third kappa shape index (κ3) is 3.75. The van der Waals surface area contributed by atoms with Crippen LogP contribution in [0.2, 0.25) is 4.34 Å². The number of nitrogens with zero attached hydrogens (tertiary/aromatic N) is 2. The number of thiophene rings is 1. The first-order valence-corrected chi connectivity index (χ1v) is 7.58. The van der Waals surface area contributed by atoms with Gasteiger partial charge < -0.3 is 5.32 Å². The molecule has 2 rings (SSSR count). The molecule has 0 aliphatic carbocycles. The van der Waals surface area contributed by atoms with Crippen molar-refractivity contribution in [2.45, 2.75) is 33.2 Å². The molecule has 0 radical (unpaired) electrons. The predicted octanol–water partition coefficient (Wildman–Crippen LogP) is 3.70. The Hall–Kier alpha value is -0.970. The number of aromatic nitrogens is 2. The molecule has 0 spiro atoms. The molecule has 0 saturated heterocycles. The Kier molecular flexibility index (Phi) is 4.91. The molecular formula is C14H18ClN3S. The molecule has 2 heterocycles. The van der Waals surface area contributed by atoms with E-state index in [0.29, 0.717) is 0 Å². The fraction of sp³-hybridized carbons (Fsp3) is 0.429. The lowest BCUT2D eigenvalue weighted by Crippen LogP contribution is -2.24. The number of rotatable bonds is 5. The van der Waals surface area contributed by atoms with E-state index in [4.69, 9.17) is 11.6 Å². The van der Waals surface area contributed by atoms with Crippen molar-refractivity contribution in [3.63, 3.8) is 0 Å². The summed E-state index contributed by atoms with van der Waals surface area (Å²) in [6.45, 7) is 7.02. The van der Waals surface area contributed by atoms with Gasteiger partial charge in [-0.15, -0.1) is 11.3 Å². The van der Waals surface area contributed by atoms with Crippen LogP contribution in [0.4, 0.5) is 0 Å². The van der Waals surface area contributed by atoms with Gasteiger partial charge in [-0.3, -0.25) is 0 Å². The van der Waals surface area contributed by atoms with Gasteiger partial charge >= 0.3 is 0 Å². The second-order valence-electron chi connectivity index (χ2n) is 4.55. The van der Waals surface area contributed by atoms with E-state index in [1.54, 1.807) is 11.3 Å². The lowest BCUT2D eigenvalue weighted by atomic mass is 10.0. The van der Waals surface area contributed by atoms with Gasteiger partial charge in [0.05, 0.1) is 15.7 Å². The van der Waals surface area contributed by atoms with E-state index in [-0.39, 0.29) is 6.04 Å². The minimum absolute atomic E-state index is 0.258. The highest BCUT2D eigenvalue weighted by Gasteiger charge is 2.16. The van der Waals surface area contributed by atoms with Gasteiger partial charge in [-0.25, -0.2) is 0 Å². The van der Waals surface area contributed by atoms with Crippen LogP contribution in [-0.2, 0) is 6.42 Å². The quantitative estimate of drug-likeness (QED) is 0.914. The van der Waals surface area contributed by atoms with Gasteiger partial charge in [0.25, 0.3) is 0 Å². The zero-order valence-corrected chi connectivity index (χ0v) is 13.0. The van der Waals surface area contributed by atoms with E-state index >= 15 is 0 Å². The summed E-state index contributed by atoms with van der Waals surface area (Å²) in [4.78, 5) is 1.28. The molecule has 1 N–H and O–H groups in total. The summed E-state index contributed by atoms with van der Waals surface area (Å²) >= 11 is 7.64. The normalized spacial score (nSPS) is 12.6. The Morgan fingerprint density at radius 1 is 1.32 bits per heavy atom. The van der Waals surface area contributed by atoms with E-state index in [2.05, 4.69) is 34.6 Å². The first kappa shape index (κ1) is 14.4. The maximum Gasteiger partial charge on any atom is 0.0931 e. The molecule has 3 nitrogen and oxygen atoms in total. The van der Waals surface area contributed by atoms with Gasteiger partial charge in [0.2, 0.25) is 0 Å². The molecule has 1 atom stereocenters. The number of nitrogens with one attached hydrogen (secondary N) is 1. The van der Waals surface area contributed by atoms with Crippen LogP contribution in [0, 0.1) is 13.8 Å². The van der Waals surface area contributed by atoms with Crippen LogP contribution in [0.1, 0.15) is 34.8 Å². The zero-order chi connectivity index (χ0) is 13.8. The van der Waals surface area contributed by atoms with Crippen molar-refractivity contribution in [3.05, 3.63) is 44.4 Å². The Morgan fingerprint density at radius 2 is 2.11 bits per heavy atom. The average molecular weight is 296 g/mol. The summed E-state index contributed by atoms with van der Waals surface area (Å²) in [5, 5.41) is 11.8. The van der Waals surface area contributed by atoms with Gasteiger partial charge in [0.15, 0.2) is 0 Å². The molecule has 2 aromatic heterocycles. The van der Waals surface area contributed by atoms with Crippen LogP contribution in [-0.4, -0.2) is 16.7 Å². The van der Waals surface area contributed by atoms with Gasteiger partial charge in [0, 0.05) is 17.3 Å². The summed E-state index contributed by atoms with van der Waals surface area (Å²) in [5.41, 5.74) is 3.16. The Bertz CT molecular complexity index is 553. The largest absolute Gasteiger partial charge is 0.310 e. The lowest BCUT2D eigenvalue weighted by Gasteiger charge is -2.19. The highest BCUT2D eigenvalue weighted by Crippen LogP contribution is 2.27. The molecule has 19 heavy (non-hydrogen) atoms. The van der Waals surface area contributed by atoms with Gasteiger partial charge in [-0.05, 0) is 44.2 Å². The van der Waals surface area contributed by atoms with E-state index in [9.17, 15) is 0 Å². The number of hydrogen-bond donors (Lipinski definition) is 1. The molecule has 0 fully saturated rings. The number of likely N-dealkylation sites (N-methyl/N-ethyl adjacent to an activating group) is 1. The van der Waals surface area contributed by atoms with Crippen molar-refractivity contribution in [1.29, 1.82) is 0 Å². The summed E-state index contributed by atoms with van der Waals surface area (Å²) < 4.78 is 0.839. The van der Waals surface area contributed by atoms with Crippen LogP contribution >= 0.6 is 22.9 Å². The minimum atomic E-state index is 0.258. The van der Waals surface area contributed by atoms with Crippen molar-refractivity contribution in [3.8, 4) is 0 Å². The van der Waals surface area contributed by atoms with E-state index in [1.807, 2.05) is 19.9 Å². The standard InChI is InChI=1S/C14H18ClN3S/c1-4-16-13(8-11-5-6-14(15)19-11)12-7-9(2)17-18-10(12)3/h5-7,13,16H,4,8H2,1-3H3. The Morgan fingerprint density at radius 3 is 2.74 bits per heavy atom. The van der Waals surface area contributed by atoms with Crippen LogP contribution in [0.15, 0.2) is 18.2 Å². The van der Waals surface area contributed by atoms with Crippen LogP contribution in [0.5, 0.6) is 0 Å². The third-order valence-electron chi connectivity index (χ3n) is 3.00. The van der Waals surface area contributed by atoms with Gasteiger partial charge in [-0.1, -0.05) is 18.5 Å². The fourth-order valence-corrected chi connectivity index (χ4v) is 3.26. The highest BCUT2D eigenvalue weighted by atomic mass is 35.5. The molecule has 0 aromatic carbocycles. The zero-order valence-electron chi connectivity index (χ0n) is 11.4. The van der Waals surface area contributed by atoms with E-state index in [0.717, 1.165) is 28.7 Å². The average Bonchev–Trinajstić information content (AvgIpc) is 2.77. The topological polar surface area (TPSA) is 37.8 Å². The second-order valence-corrected chi connectivity index (χ2v) is 6.35. The minimum Gasteiger partial charge on any atom is -0.310 e. The maximum absolute atomic E-state index is 6.00. The summed E-state index contributed by atoms with van der Waals surface area (Å²) in [6, 6.07) is 6.42. The van der Waals surface area contributed by atoms with Crippen molar-refractivity contribution in [2.75, 3.05) is 6.54 Å². The molecule has 102 valence electrons. The number of halogens is 1. The maximum atomic E-state index is 6.00. The van der Waals surface area contributed by atoms with Crippen LogP contribution in [0.25, 0.3) is 0 Å². The summed E-state index contributed by atoms with van der Waals surface area (Å²) in [6.07, 6.45) is 0.928. The predicted molar refractivity (Wildman–Crippen MR) is 81.0 cm³/mol. The Labute approximate surface area is 123 Å². The SMILES string of the molecule is CCNC(Cc1ccc(Cl)s1)c1cc(C)nnc1C. The van der Waals surface area contributed by atoms with Crippen molar-refractivity contribution in [2.24, 2.45) is 0 Å². The molecule has 2 aromatic rings. The Balaban J connectivity index is 2.26. The van der Waals surface area contributed by atoms with Crippen LogP contribution < -0.4 is 5.32 Å². The monoisotopic (exact) mass is 295 g/mol. The van der Waals surface area contributed by atoms with Gasteiger partial charge in [-0.2, -0.15) is 10.2 Å². The second kappa shape index (κ2) is 6.46. The fourth-order valence-electron chi connectivity index (χ4n) is 2.12. The van der Waals surface area contributed by atoms with Crippen LogP contribution in [0.3, 0.4) is 0 Å². The molecular weight excluding hydrogens is 278 g/mol. The molecule has 0 bridgehead atoms. The van der Waals surface area contributed by atoms with Crippen molar-refractivity contribution >= 4 is 22.9 Å². The van der Waals surface area contributed by atoms with Crippen molar-refractivity contribution < 1.29 is 0 Å².